The van der Waals surface area contributed by atoms with E-state index < -0.39 is 0 Å². The summed E-state index contributed by atoms with van der Waals surface area (Å²) in [5.41, 5.74) is 0. The second-order valence-electron chi connectivity index (χ2n) is 2.22. The molecule has 0 aliphatic heterocycles. The molecular weight excluding hydrogens is 234 g/mol. The standard InChI is InChI=1S/C9H10BrNS/c1-2-3-5-11-7-9-8(10)4-6-12-9/h4,6,11H,5,7H2,1H3. The van der Waals surface area contributed by atoms with Crippen molar-refractivity contribution < 1.29 is 0 Å². The summed E-state index contributed by atoms with van der Waals surface area (Å²) >= 11 is 5.22. The van der Waals surface area contributed by atoms with Crippen molar-refractivity contribution in [3.63, 3.8) is 0 Å². The molecule has 0 saturated carbocycles. The molecule has 3 heteroatoms. The van der Waals surface area contributed by atoms with Gasteiger partial charge in [-0.15, -0.1) is 17.3 Å². The van der Waals surface area contributed by atoms with Gasteiger partial charge in [0.2, 0.25) is 0 Å². The molecule has 0 radical (unpaired) electrons. The molecule has 1 N–H and O–H groups in total. The average molecular weight is 244 g/mol. The Morgan fingerprint density at radius 3 is 3.08 bits per heavy atom. The fourth-order valence-electron chi connectivity index (χ4n) is 0.778. The highest BCUT2D eigenvalue weighted by atomic mass is 79.9. The van der Waals surface area contributed by atoms with Crippen LogP contribution in [0.15, 0.2) is 15.9 Å². The van der Waals surface area contributed by atoms with Crippen LogP contribution >= 0.6 is 27.3 Å². The van der Waals surface area contributed by atoms with Gasteiger partial charge in [0.25, 0.3) is 0 Å². The lowest BCUT2D eigenvalue weighted by atomic mass is 10.4. The minimum Gasteiger partial charge on any atom is -0.301 e. The molecule has 1 aromatic heterocycles. The lowest BCUT2D eigenvalue weighted by molar-refractivity contribution is 0.778. The van der Waals surface area contributed by atoms with Crippen molar-refractivity contribution in [2.24, 2.45) is 0 Å². The van der Waals surface area contributed by atoms with E-state index in [-0.39, 0.29) is 0 Å². The van der Waals surface area contributed by atoms with Crippen LogP contribution in [0.1, 0.15) is 11.8 Å². The quantitative estimate of drug-likeness (QED) is 0.636. The topological polar surface area (TPSA) is 12.0 Å². The zero-order chi connectivity index (χ0) is 8.81. The minimum absolute atomic E-state index is 0.765. The Hall–Kier alpha value is -0.300. The van der Waals surface area contributed by atoms with Gasteiger partial charge < -0.3 is 5.32 Å². The first-order valence-corrected chi connectivity index (χ1v) is 5.34. The summed E-state index contributed by atoms with van der Waals surface area (Å²) in [4.78, 5) is 1.33. The lowest BCUT2D eigenvalue weighted by Crippen LogP contribution is -2.12. The Morgan fingerprint density at radius 1 is 1.67 bits per heavy atom. The second kappa shape index (κ2) is 5.36. The second-order valence-corrected chi connectivity index (χ2v) is 4.08. The van der Waals surface area contributed by atoms with Crippen LogP contribution in [-0.2, 0) is 6.54 Å². The number of nitrogens with one attached hydrogen (secondary N) is 1. The van der Waals surface area contributed by atoms with Gasteiger partial charge in [0.1, 0.15) is 0 Å². The van der Waals surface area contributed by atoms with E-state index in [1.807, 2.05) is 6.92 Å². The average Bonchev–Trinajstić information content (AvgIpc) is 2.46. The van der Waals surface area contributed by atoms with Gasteiger partial charge in [0.05, 0.1) is 6.54 Å². The predicted octanol–water partition coefficient (Wildman–Crippen LogP) is 2.62. The zero-order valence-electron chi connectivity index (χ0n) is 6.86. The van der Waals surface area contributed by atoms with Crippen molar-refractivity contribution in [3.05, 3.63) is 20.8 Å². The molecule has 0 aromatic carbocycles. The van der Waals surface area contributed by atoms with Crippen molar-refractivity contribution in [1.29, 1.82) is 0 Å². The smallest absolute Gasteiger partial charge is 0.0579 e. The lowest BCUT2D eigenvalue weighted by Gasteiger charge is -1.97. The maximum atomic E-state index is 3.47. The van der Waals surface area contributed by atoms with Crippen LogP contribution in [0.25, 0.3) is 0 Å². The van der Waals surface area contributed by atoms with Crippen molar-refractivity contribution in [2.45, 2.75) is 13.5 Å². The molecule has 0 saturated heterocycles. The van der Waals surface area contributed by atoms with Gasteiger partial charge in [0.15, 0.2) is 0 Å². The van der Waals surface area contributed by atoms with E-state index in [1.54, 1.807) is 11.3 Å². The first-order chi connectivity index (χ1) is 5.84. The van der Waals surface area contributed by atoms with Gasteiger partial charge in [-0.05, 0) is 34.3 Å². The molecular formula is C9H10BrNS. The Kier molecular flexibility index (Phi) is 4.37. The van der Waals surface area contributed by atoms with E-state index in [1.165, 1.54) is 9.35 Å². The molecule has 0 amide bonds. The van der Waals surface area contributed by atoms with E-state index in [0.29, 0.717) is 0 Å². The van der Waals surface area contributed by atoms with E-state index in [2.05, 4.69) is 44.5 Å². The maximum Gasteiger partial charge on any atom is 0.0579 e. The van der Waals surface area contributed by atoms with Crippen LogP contribution in [0.4, 0.5) is 0 Å². The van der Waals surface area contributed by atoms with Crippen LogP contribution in [0.5, 0.6) is 0 Å². The Balaban J connectivity index is 2.32. The van der Waals surface area contributed by atoms with Gasteiger partial charge in [-0.1, -0.05) is 5.92 Å². The third kappa shape index (κ3) is 2.98. The molecule has 1 aromatic rings. The van der Waals surface area contributed by atoms with Crippen LogP contribution in [0.2, 0.25) is 0 Å². The summed E-state index contributed by atoms with van der Waals surface area (Å²) in [7, 11) is 0. The number of rotatable bonds is 3. The summed E-state index contributed by atoms with van der Waals surface area (Å²) in [5, 5.41) is 5.31. The largest absolute Gasteiger partial charge is 0.301 e. The summed E-state index contributed by atoms with van der Waals surface area (Å²) in [6.07, 6.45) is 0. The molecule has 64 valence electrons. The van der Waals surface area contributed by atoms with Crippen LogP contribution in [0.3, 0.4) is 0 Å². The zero-order valence-corrected chi connectivity index (χ0v) is 9.26. The van der Waals surface area contributed by atoms with Gasteiger partial charge in [-0.3, -0.25) is 0 Å². The molecule has 0 fully saturated rings. The minimum atomic E-state index is 0.765. The molecule has 12 heavy (non-hydrogen) atoms. The molecule has 1 heterocycles. The van der Waals surface area contributed by atoms with Crippen molar-refractivity contribution >= 4 is 27.3 Å². The number of halogens is 1. The van der Waals surface area contributed by atoms with Gasteiger partial charge >= 0.3 is 0 Å². The summed E-state index contributed by atoms with van der Waals surface area (Å²) in [5.74, 6) is 5.80. The SMILES string of the molecule is CC#CCNCc1sccc1Br. The Labute approximate surface area is 85.3 Å². The maximum absolute atomic E-state index is 3.47. The third-order valence-corrected chi connectivity index (χ3v) is 3.29. The van der Waals surface area contributed by atoms with Crippen LogP contribution < -0.4 is 5.32 Å². The molecule has 0 spiro atoms. The van der Waals surface area contributed by atoms with Crippen LogP contribution in [0, 0.1) is 11.8 Å². The van der Waals surface area contributed by atoms with Crippen molar-refractivity contribution in [1.82, 2.24) is 5.32 Å². The van der Waals surface area contributed by atoms with Crippen molar-refractivity contribution in [2.75, 3.05) is 6.54 Å². The molecule has 0 aliphatic carbocycles. The molecule has 0 atom stereocenters. The first-order valence-electron chi connectivity index (χ1n) is 3.67. The predicted molar refractivity (Wildman–Crippen MR) is 57.2 cm³/mol. The monoisotopic (exact) mass is 243 g/mol. The highest BCUT2D eigenvalue weighted by molar-refractivity contribution is 9.10. The van der Waals surface area contributed by atoms with Gasteiger partial charge in [0, 0.05) is 15.9 Å². The van der Waals surface area contributed by atoms with E-state index in [4.69, 9.17) is 0 Å². The number of hydrogen-bond acceptors (Lipinski definition) is 2. The summed E-state index contributed by atoms with van der Waals surface area (Å²) in [6, 6.07) is 2.06. The molecule has 1 nitrogen and oxygen atoms in total. The fourth-order valence-corrected chi connectivity index (χ4v) is 2.24. The number of hydrogen-bond donors (Lipinski definition) is 1. The van der Waals surface area contributed by atoms with Crippen molar-refractivity contribution in [3.8, 4) is 11.8 Å². The molecule has 0 unspecified atom stereocenters. The number of thiophene rings is 1. The van der Waals surface area contributed by atoms with Gasteiger partial charge in [-0.2, -0.15) is 0 Å². The highest BCUT2D eigenvalue weighted by Gasteiger charge is 1.98. The fraction of sp³-hybridized carbons (Fsp3) is 0.333. The summed E-state index contributed by atoms with van der Waals surface area (Å²) in [6.45, 7) is 3.51. The molecule has 0 aliphatic rings. The van der Waals surface area contributed by atoms with E-state index in [0.717, 1.165) is 13.1 Å². The Morgan fingerprint density at radius 2 is 2.50 bits per heavy atom. The van der Waals surface area contributed by atoms with Crippen LogP contribution in [-0.4, -0.2) is 6.54 Å². The third-order valence-electron chi connectivity index (χ3n) is 1.37. The van der Waals surface area contributed by atoms with Gasteiger partial charge in [-0.25, -0.2) is 0 Å². The highest BCUT2D eigenvalue weighted by Crippen LogP contribution is 2.21. The first kappa shape index (κ1) is 9.79. The van der Waals surface area contributed by atoms with E-state index in [9.17, 15) is 0 Å². The summed E-state index contributed by atoms with van der Waals surface area (Å²) < 4.78 is 1.18. The normalized spacial score (nSPS) is 9.17. The molecule has 1 rings (SSSR count). The molecule has 0 bridgehead atoms. The van der Waals surface area contributed by atoms with E-state index >= 15 is 0 Å². The Bertz CT molecular complexity index is 295.